The van der Waals surface area contributed by atoms with Gasteiger partial charge in [-0.15, -0.1) is 0 Å². The zero-order valence-corrected chi connectivity index (χ0v) is 10.6. The average Bonchev–Trinajstić information content (AvgIpc) is 2.32. The summed E-state index contributed by atoms with van der Waals surface area (Å²) in [7, 11) is 2.23. The van der Waals surface area contributed by atoms with Crippen LogP contribution in [0.5, 0.6) is 0 Å². The lowest BCUT2D eigenvalue weighted by Gasteiger charge is -2.39. The van der Waals surface area contributed by atoms with Crippen molar-refractivity contribution >= 4 is 6.29 Å². The van der Waals surface area contributed by atoms with Crippen LogP contribution in [0, 0.1) is 0 Å². The third-order valence-corrected chi connectivity index (χ3v) is 3.36. The van der Waals surface area contributed by atoms with Gasteiger partial charge in [0.1, 0.15) is 6.29 Å². The van der Waals surface area contributed by atoms with E-state index in [4.69, 9.17) is 4.79 Å². The Morgan fingerprint density at radius 1 is 1.12 bits per heavy atom. The molecular weight excluding hydrogens is 202 g/mol. The largest absolute Gasteiger partial charge is 0.314 e. The Labute approximate surface area is 99.0 Å². The van der Waals surface area contributed by atoms with E-state index >= 15 is 0 Å². The second-order valence-corrected chi connectivity index (χ2v) is 4.56. The van der Waals surface area contributed by atoms with Crippen LogP contribution in [-0.2, 0) is 4.79 Å². The summed E-state index contributed by atoms with van der Waals surface area (Å²) < 4.78 is 0. The number of aldehydes is 1. The summed E-state index contributed by atoms with van der Waals surface area (Å²) in [5.41, 5.74) is 0. The number of carbonyl (C=O) groups excluding carboxylic acids is 1. The molecule has 2 aliphatic rings. The maximum atomic E-state index is 8.81. The third-order valence-electron chi connectivity index (χ3n) is 3.36. The van der Waals surface area contributed by atoms with E-state index < -0.39 is 0 Å². The summed E-state index contributed by atoms with van der Waals surface area (Å²) in [5, 5.41) is 3.41. The van der Waals surface area contributed by atoms with Crippen molar-refractivity contribution in [2.45, 2.75) is 25.8 Å². The van der Waals surface area contributed by atoms with Crippen LogP contribution in [0.4, 0.5) is 0 Å². The van der Waals surface area contributed by atoms with Crippen LogP contribution in [0.2, 0.25) is 0 Å². The molecule has 4 nitrogen and oxygen atoms in total. The summed E-state index contributed by atoms with van der Waals surface area (Å²) >= 11 is 0. The van der Waals surface area contributed by atoms with E-state index in [0.717, 1.165) is 12.3 Å². The number of rotatable bonds is 1. The Bertz CT molecular complexity index is 185. The van der Waals surface area contributed by atoms with Crippen LogP contribution in [0.1, 0.15) is 19.8 Å². The second kappa shape index (κ2) is 7.76. The number of carbonyl (C=O) groups is 1. The van der Waals surface area contributed by atoms with Crippen molar-refractivity contribution in [1.29, 1.82) is 0 Å². The molecule has 0 atom stereocenters. The number of likely N-dealkylation sites (tertiary alicyclic amines) is 1. The van der Waals surface area contributed by atoms with Crippen molar-refractivity contribution in [3.8, 4) is 0 Å². The number of hydrogen-bond donors (Lipinski definition) is 1. The zero-order valence-electron chi connectivity index (χ0n) is 10.6. The first kappa shape index (κ1) is 13.6. The highest BCUT2D eigenvalue weighted by atomic mass is 16.1. The quantitative estimate of drug-likeness (QED) is 0.649. The number of piperidine rings is 1. The molecule has 2 rings (SSSR count). The molecule has 0 aromatic rings. The molecule has 0 amide bonds. The van der Waals surface area contributed by atoms with Crippen LogP contribution < -0.4 is 5.32 Å². The highest BCUT2D eigenvalue weighted by molar-refractivity contribution is 5.44. The minimum absolute atomic E-state index is 0.750. The van der Waals surface area contributed by atoms with Gasteiger partial charge in [-0.25, -0.2) is 0 Å². The van der Waals surface area contributed by atoms with E-state index in [9.17, 15) is 0 Å². The summed E-state index contributed by atoms with van der Waals surface area (Å²) in [5.74, 6) is 0. The smallest absolute Gasteiger partial charge is 0.116 e. The molecular formula is C12H25N3O. The fourth-order valence-electron chi connectivity index (χ4n) is 2.41. The molecule has 16 heavy (non-hydrogen) atoms. The topological polar surface area (TPSA) is 35.6 Å². The Morgan fingerprint density at radius 3 is 2.12 bits per heavy atom. The van der Waals surface area contributed by atoms with E-state index in [1.165, 1.54) is 59.0 Å². The van der Waals surface area contributed by atoms with Crippen molar-refractivity contribution in [2.24, 2.45) is 0 Å². The SMILES string of the molecule is CC=O.CN1CCC(N2CCNCC2)CC1. The highest BCUT2D eigenvalue weighted by Gasteiger charge is 2.23. The molecule has 0 aliphatic carbocycles. The molecule has 4 heteroatoms. The molecule has 0 bridgehead atoms. The molecule has 2 aliphatic heterocycles. The first-order chi connectivity index (χ1) is 7.77. The normalized spacial score (nSPS) is 24.6. The predicted molar refractivity (Wildman–Crippen MR) is 66.7 cm³/mol. The summed E-state index contributed by atoms with van der Waals surface area (Å²) in [6, 6.07) is 0.873. The first-order valence-corrected chi connectivity index (χ1v) is 6.31. The van der Waals surface area contributed by atoms with E-state index in [0.29, 0.717) is 0 Å². The van der Waals surface area contributed by atoms with Gasteiger partial charge >= 0.3 is 0 Å². The predicted octanol–water partition coefficient (Wildman–Crippen LogP) is 0.191. The zero-order chi connectivity index (χ0) is 11.8. The molecule has 1 N–H and O–H groups in total. The van der Waals surface area contributed by atoms with Gasteiger partial charge in [0.05, 0.1) is 0 Å². The van der Waals surface area contributed by atoms with Gasteiger partial charge in [0, 0.05) is 32.2 Å². The second-order valence-electron chi connectivity index (χ2n) is 4.56. The van der Waals surface area contributed by atoms with Gasteiger partial charge in [0.25, 0.3) is 0 Å². The molecule has 0 spiro atoms. The number of nitrogens with one attached hydrogen (secondary N) is 1. The van der Waals surface area contributed by atoms with Crippen molar-refractivity contribution in [3.05, 3.63) is 0 Å². The van der Waals surface area contributed by atoms with Crippen LogP contribution in [0.25, 0.3) is 0 Å². The van der Waals surface area contributed by atoms with Crippen molar-refractivity contribution in [1.82, 2.24) is 15.1 Å². The van der Waals surface area contributed by atoms with Gasteiger partial charge < -0.3 is 15.0 Å². The molecule has 2 saturated heterocycles. The summed E-state index contributed by atoms with van der Waals surface area (Å²) in [4.78, 5) is 13.9. The highest BCUT2D eigenvalue weighted by Crippen LogP contribution is 2.15. The van der Waals surface area contributed by atoms with Gasteiger partial charge in [0.2, 0.25) is 0 Å². The summed E-state index contributed by atoms with van der Waals surface area (Å²) in [6.07, 6.45) is 3.49. The minimum atomic E-state index is 0.750. The first-order valence-electron chi connectivity index (χ1n) is 6.31. The molecule has 0 saturated carbocycles. The molecule has 0 aromatic heterocycles. The maximum Gasteiger partial charge on any atom is 0.116 e. The van der Waals surface area contributed by atoms with Gasteiger partial charge in [-0.2, -0.15) is 0 Å². The molecule has 0 radical (unpaired) electrons. The van der Waals surface area contributed by atoms with Gasteiger partial charge in [0.15, 0.2) is 0 Å². The fraction of sp³-hybridized carbons (Fsp3) is 0.917. The standard InChI is InChI=1S/C10H21N3.C2H4O/c1-12-6-2-10(3-7-12)13-8-4-11-5-9-13;1-2-3/h10-11H,2-9H2,1H3;2H,1H3. The van der Waals surface area contributed by atoms with Gasteiger partial charge in [-0.3, -0.25) is 4.90 Å². The Hall–Kier alpha value is -0.450. The van der Waals surface area contributed by atoms with Crippen LogP contribution in [0.15, 0.2) is 0 Å². The lowest BCUT2D eigenvalue weighted by atomic mass is 10.0. The molecule has 0 unspecified atom stereocenters. The van der Waals surface area contributed by atoms with Gasteiger partial charge in [-0.1, -0.05) is 0 Å². The fourth-order valence-corrected chi connectivity index (χ4v) is 2.41. The van der Waals surface area contributed by atoms with Crippen LogP contribution in [-0.4, -0.2) is 68.4 Å². The van der Waals surface area contributed by atoms with Gasteiger partial charge in [-0.05, 0) is 39.9 Å². The third kappa shape index (κ3) is 4.60. The lowest BCUT2D eigenvalue weighted by molar-refractivity contribution is -0.106. The van der Waals surface area contributed by atoms with E-state index in [2.05, 4.69) is 22.2 Å². The Balaban J connectivity index is 0.000000386. The van der Waals surface area contributed by atoms with E-state index in [-0.39, 0.29) is 0 Å². The molecule has 0 aromatic carbocycles. The van der Waals surface area contributed by atoms with E-state index in [1.54, 1.807) is 0 Å². The minimum Gasteiger partial charge on any atom is -0.314 e. The number of piperazine rings is 1. The molecule has 2 heterocycles. The Kier molecular flexibility index (Phi) is 6.61. The van der Waals surface area contributed by atoms with Crippen LogP contribution >= 0.6 is 0 Å². The van der Waals surface area contributed by atoms with Crippen molar-refractivity contribution in [2.75, 3.05) is 46.3 Å². The summed E-state index contributed by atoms with van der Waals surface area (Å²) in [6.45, 7) is 8.91. The molecule has 94 valence electrons. The van der Waals surface area contributed by atoms with Crippen LogP contribution in [0.3, 0.4) is 0 Å². The number of nitrogens with zero attached hydrogens (tertiary/aromatic N) is 2. The lowest BCUT2D eigenvalue weighted by Crippen LogP contribution is -2.51. The maximum absolute atomic E-state index is 8.81. The molecule has 2 fully saturated rings. The van der Waals surface area contributed by atoms with Crippen molar-refractivity contribution < 1.29 is 4.79 Å². The monoisotopic (exact) mass is 227 g/mol. The van der Waals surface area contributed by atoms with Crippen molar-refractivity contribution in [3.63, 3.8) is 0 Å². The number of hydrogen-bond acceptors (Lipinski definition) is 4. The van der Waals surface area contributed by atoms with E-state index in [1.807, 2.05) is 0 Å². The average molecular weight is 227 g/mol. The Morgan fingerprint density at radius 2 is 1.62 bits per heavy atom.